The molecule has 0 spiro atoms. The Balaban J connectivity index is 1.67. The average Bonchev–Trinajstić information content (AvgIpc) is 3.04. The van der Waals surface area contributed by atoms with Crippen molar-refractivity contribution in [1.82, 2.24) is 9.71 Å². The first kappa shape index (κ1) is 15.6. The van der Waals surface area contributed by atoms with Gasteiger partial charge in [0.15, 0.2) is 0 Å². The van der Waals surface area contributed by atoms with Gasteiger partial charge in [0.05, 0.1) is 15.6 Å². The summed E-state index contributed by atoms with van der Waals surface area (Å²) in [5, 5.41) is 1.02. The highest BCUT2D eigenvalue weighted by molar-refractivity contribution is 7.89. The molecule has 1 aromatic carbocycles. The van der Waals surface area contributed by atoms with E-state index in [4.69, 9.17) is 0 Å². The molecule has 2 aromatic rings. The van der Waals surface area contributed by atoms with Gasteiger partial charge in [-0.2, -0.15) is 0 Å². The highest BCUT2D eigenvalue weighted by Crippen LogP contribution is 2.24. The summed E-state index contributed by atoms with van der Waals surface area (Å²) in [7, 11) is -3.42. The molecule has 0 radical (unpaired) electrons. The number of sulfonamides is 1. The smallest absolute Gasteiger partial charge is 0.240 e. The van der Waals surface area contributed by atoms with Crippen LogP contribution in [0, 0.1) is 13.8 Å². The molecule has 0 unspecified atom stereocenters. The molecule has 0 saturated carbocycles. The lowest BCUT2D eigenvalue weighted by Gasteiger charge is -2.08. The number of benzene rings is 1. The fraction of sp³-hybridized carbons (Fsp3) is 0.438. The Labute approximate surface area is 135 Å². The van der Waals surface area contributed by atoms with E-state index in [1.165, 1.54) is 11.1 Å². The summed E-state index contributed by atoms with van der Waals surface area (Å²) in [6.45, 7) is 4.34. The minimum Gasteiger partial charge on any atom is -0.247 e. The molecular weight excluding hydrogens is 316 g/mol. The van der Waals surface area contributed by atoms with Crippen molar-refractivity contribution < 1.29 is 8.42 Å². The van der Waals surface area contributed by atoms with E-state index in [9.17, 15) is 8.42 Å². The summed E-state index contributed by atoms with van der Waals surface area (Å²) in [4.78, 5) is 5.89. The summed E-state index contributed by atoms with van der Waals surface area (Å²) in [5.41, 5.74) is 3.46. The first-order valence-electron chi connectivity index (χ1n) is 7.50. The number of fused-ring (bicyclic) bond motifs is 1. The monoisotopic (exact) mass is 336 g/mol. The van der Waals surface area contributed by atoms with Gasteiger partial charge in [0.2, 0.25) is 10.0 Å². The number of hydrogen-bond donors (Lipinski definition) is 1. The molecule has 1 N–H and O–H groups in total. The number of nitrogens with zero attached hydrogens (tertiary/aromatic N) is 1. The maximum Gasteiger partial charge on any atom is 0.240 e. The van der Waals surface area contributed by atoms with Gasteiger partial charge in [-0.1, -0.05) is 6.07 Å². The van der Waals surface area contributed by atoms with Crippen LogP contribution in [0.5, 0.6) is 0 Å². The Morgan fingerprint density at radius 2 is 2.00 bits per heavy atom. The Morgan fingerprint density at radius 1 is 1.23 bits per heavy atom. The van der Waals surface area contributed by atoms with Crippen LogP contribution in [0.3, 0.4) is 0 Å². The fourth-order valence-electron chi connectivity index (χ4n) is 2.90. The summed E-state index contributed by atoms with van der Waals surface area (Å²) >= 11 is 1.63. The van der Waals surface area contributed by atoms with E-state index in [0.717, 1.165) is 34.8 Å². The number of aryl methyl sites for hydroxylation is 4. The van der Waals surface area contributed by atoms with E-state index in [2.05, 4.69) is 9.71 Å². The second-order valence-electron chi connectivity index (χ2n) is 5.67. The Kier molecular flexibility index (Phi) is 4.34. The molecular formula is C16H20N2O2S2. The van der Waals surface area contributed by atoms with E-state index >= 15 is 0 Å². The third-order valence-electron chi connectivity index (χ3n) is 4.02. The van der Waals surface area contributed by atoms with Crippen molar-refractivity contribution in [2.75, 3.05) is 6.54 Å². The third kappa shape index (κ3) is 3.24. The van der Waals surface area contributed by atoms with Gasteiger partial charge in [-0.15, -0.1) is 11.3 Å². The molecule has 6 heteroatoms. The highest BCUT2D eigenvalue weighted by atomic mass is 32.2. The van der Waals surface area contributed by atoms with E-state index in [-0.39, 0.29) is 0 Å². The summed E-state index contributed by atoms with van der Waals surface area (Å²) in [5.74, 6) is 0. The Bertz CT molecular complexity index is 794. The van der Waals surface area contributed by atoms with Gasteiger partial charge < -0.3 is 0 Å². The summed E-state index contributed by atoms with van der Waals surface area (Å²) in [6, 6.07) is 5.49. The summed E-state index contributed by atoms with van der Waals surface area (Å²) < 4.78 is 27.5. The van der Waals surface area contributed by atoms with Crippen LogP contribution < -0.4 is 4.72 Å². The second kappa shape index (κ2) is 6.10. The molecule has 1 aliphatic carbocycles. The zero-order chi connectivity index (χ0) is 15.7. The average molecular weight is 336 g/mol. The second-order valence-corrected chi connectivity index (χ2v) is 8.73. The maximum absolute atomic E-state index is 12.4. The van der Waals surface area contributed by atoms with Crippen LogP contribution in [0.2, 0.25) is 0 Å². The molecule has 0 aliphatic heterocycles. The number of aromatic nitrogens is 1. The van der Waals surface area contributed by atoms with Crippen LogP contribution >= 0.6 is 11.3 Å². The van der Waals surface area contributed by atoms with Gasteiger partial charge >= 0.3 is 0 Å². The van der Waals surface area contributed by atoms with Crippen LogP contribution in [-0.2, 0) is 29.3 Å². The third-order valence-corrected chi connectivity index (χ3v) is 6.62. The molecule has 0 fully saturated rings. The number of nitrogens with one attached hydrogen (secondary N) is 1. The molecule has 1 aromatic heterocycles. The minimum absolute atomic E-state index is 0.380. The molecule has 118 valence electrons. The molecule has 22 heavy (non-hydrogen) atoms. The minimum atomic E-state index is -3.42. The van der Waals surface area contributed by atoms with Crippen LogP contribution in [0.25, 0.3) is 0 Å². The van der Waals surface area contributed by atoms with Gasteiger partial charge in [-0.3, -0.25) is 0 Å². The summed E-state index contributed by atoms with van der Waals surface area (Å²) in [6.07, 6.45) is 3.85. The normalized spacial score (nSPS) is 14.3. The van der Waals surface area contributed by atoms with E-state index in [1.54, 1.807) is 17.4 Å². The lowest BCUT2D eigenvalue weighted by molar-refractivity contribution is 0.581. The zero-order valence-electron chi connectivity index (χ0n) is 12.8. The van der Waals surface area contributed by atoms with Gasteiger partial charge in [-0.25, -0.2) is 18.1 Å². The SMILES string of the molecule is Cc1nc(C)c(CCNS(=O)(=O)c2ccc3c(c2)CCC3)s1. The van der Waals surface area contributed by atoms with Crippen molar-refractivity contribution in [2.45, 2.75) is 44.4 Å². The predicted molar refractivity (Wildman–Crippen MR) is 88.9 cm³/mol. The first-order chi connectivity index (χ1) is 10.5. The quantitative estimate of drug-likeness (QED) is 0.913. The molecule has 0 saturated heterocycles. The molecule has 0 bridgehead atoms. The topological polar surface area (TPSA) is 59.1 Å². The Morgan fingerprint density at radius 3 is 2.73 bits per heavy atom. The molecule has 0 atom stereocenters. The van der Waals surface area contributed by atoms with Crippen LogP contribution in [0.15, 0.2) is 23.1 Å². The number of rotatable bonds is 5. The predicted octanol–water partition coefficient (Wildman–Crippen LogP) is 2.77. The molecule has 0 amide bonds. The number of hydrogen-bond acceptors (Lipinski definition) is 4. The van der Waals surface area contributed by atoms with Crippen molar-refractivity contribution in [3.63, 3.8) is 0 Å². The van der Waals surface area contributed by atoms with Crippen molar-refractivity contribution in [2.24, 2.45) is 0 Å². The van der Waals surface area contributed by atoms with Crippen molar-refractivity contribution in [1.29, 1.82) is 0 Å². The van der Waals surface area contributed by atoms with Crippen molar-refractivity contribution in [3.8, 4) is 0 Å². The molecule has 4 nitrogen and oxygen atoms in total. The van der Waals surface area contributed by atoms with Gasteiger partial charge in [-0.05, 0) is 62.8 Å². The van der Waals surface area contributed by atoms with Crippen LogP contribution in [-0.4, -0.2) is 19.9 Å². The lowest BCUT2D eigenvalue weighted by atomic mass is 10.1. The fourth-order valence-corrected chi connectivity index (χ4v) is 4.92. The van der Waals surface area contributed by atoms with Gasteiger partial charge in [0.25, 0.3) is 0 Å². The van der Waals surface area contributed by atoms with E-state index in [1.807, 2.05) is 26.0 Å². The van der Waals surface area contributed by atoms with E-state index in [0.29, 0.717) is 17.9 Å². The Hall–Kier alpha value is -1.24. The van der Waals surface area contributed by atoms with Gasteiger partial charge in [0.1, 0.15) is 0 Å². The van der Waals surface area contributed by atoms with Crippen LogP contribution in [0.1, 0.15) is 33.1 Å². The zero-order valence-corrected chi connectivity index (χ0v) is 14.5. The van der Waals surface area contributed by atoms with Crippen molar-refractivity contribution >= 4 is 21.4 Å². The van der Waals surface area contributed by atoms with Gasteiger partial charge in [0, 0.05) is 11.4 Å². The lowest BCUT2D eigenvalue weighted by Crippen LogP contribution is -2.26. The first-order valence-corrected chi connectivity index (χ1v) is 9.80. The maximum atomic E-state index is 12.4. The molecule has 3 rings (SSSR count). The largest absolute Gasteiger partial charge is 0.247 e. The number of thiazole rings is 1. The van der Waals surface area contributed by atoms with Crippen molar-refractivity contribution in [3.05, 3.63) is 44.9 Å². The highest BCUT2D eigenvalue weighted by Gasteiger charge is 2.18. The molecule has 1 aliphatic rings. The standard InChI is InChI=1S/C16H20N2O2S2/c1-11-16(21-12(2)18-11)8-9-17-22(19,20)15-7-6-13-4-3-5-14(13)10-15/h6-7,10,17H,3-5,8-9H2,1-2H3. The van der Waals surface area contributed by atoms with Crippen LogP contribution in [0.4, 0.5) is 0 Å². The van der Waals surface area contributed by atoms with E-state index < -0.39 is 10.0 Å². The molecule has 1 heterocycles.